The van der Waals surface area contributed by atoms with E-state index in [1.165, 1.54) is 6.42 Å². The third-order valence-electron chi connectivity index (χ3n) is 2.84. The molecule has 0 unspecified atom stereocenters. The Morgan fingerprint density at radius 2 is 2.07 bits per heavy atom. The lowest BCUT2D eigenvalue weighted by Gasteiger charge is -2.35. The van der Waals surface area contributed by atoms with E-state index in [2.05, 4.69) is 32.6 Å². The largest absolute Gasteiger partial charge is 0.384 e. The van der Waals surface area contributed by atoms with Crippen LogP contribution in [0.2, 0.25) is 0 Å². The molecule has 1 N–H and O–H groups in total. The molecular weight excluding hydrogens is 176 g/mol. The van der Waals surface area contributed by atoms with Crippen molar-refractivity contribution in [3.63, 3.8) is 0 Å². The summed E-state index contributed by atoms with van der Waals surface area (Å²) in [5.41, 5.74) is 0.329. The molecule has 2 heteroatoms. The molecule has 0 aliphatic carbocycles. The summed E-state index contributed by atoms with van der Waals surface area (Å²) in [4.78, 5) is 0. The summed E-state index contributed by atoms with van der Waals surface area (Å²) in [6, 6.07) is 0. The topological polar surface area (TPSA) is 29.5 Å². The van der Waals surface area contributed by atoms with Crippen LogP contribution in [0.15, 0.2) is 0 Å². The monoisotopic (exact) mass is 196 g/mol. The minimum atomic E-state index is -0.0669. The van der Waals surface area contributed by atoms with Gasteiger partial charge in [-0.25, -0.2) is 0 Å². The van der Waals surface area contributed by atoms with Crippen molar-refractivity contribution in [1.29, 1.82) is 0 Å². The second-order valence-electron chi connectivity index (χ2n) is 4.94. The molecule has 2 atom stereocenters. The average Bonchev–Trinajstić information content (AvgIpc) is 2.14. The number of aliphatic hydroxyl groups is 1. The van der Waals surface area contributed by atoms with Gasteiger partial charge in [-0.15, -0.1) is 0 Å². The van der Waals surface area contributed by atoms with Gasteiger partial charge in [0, 0.05) is 0 Å². The van der Waals surface area contributed by atoms with Crippen molar-refractivity contribution in [3.8, 4) is 11.8 Å². The fraction of sp³-hybridized carbons (Fsp3) is 0.833. The van der Waals surface area contributed by atoms with Gasteiger partial charge in [-0.2, -0.15) is 0 Å². The van der Waals surface area contributed by atoms with Gasteiger partial charge in [0.15, 0.2) is 0 Å². The molecular formula is C12H20O2. The number of rotatable bonds is 0. The minimum Gasteiger partial charge on any atom is -0.384 e. The van der Waals surface area contributed by atoms with Crippen LogP contribution >= 0.6 is 0 Å². The number of ether oxygens (including phenoxy) is 1. The smallest absolute Gasteiger partial charge is 0.118 e. The van der Waals surface area contributed by atoms with Crippen LogP contribution in [-0.4, -0.2) is 24.4 Å². The van der Waals surface area contributed by atoms with E-state index in [-0.39, 0.29) is 12.7 Å². The van der Waals surface area contributed by atoms with Crippen LogP contribution < -0.4 is 0 Å². The van der Waals surface area contributed by atoms with Gasteiger partial charge in [0.05, 0.1) is 6.61 Å². The number of aliphatic hydroxyl groups excluding tert-OH is 1. The van der Waals surface area contributed by atoms with Crippen LogP contribution in [0.4, 0.5) is 0 Å². The third kappa shape index (κ3) is 3.32. The molecule has 0 bridgehead atoms. The van der Waals surface area contributed by atoms with Gasteiger partial charge < -0.3 is 9.84 Å². The number of hydrogen-bond donors (Lipinski definition) is 1. The lowest BCUT2D eigenvalue weighted by atomic mass is 9.77. The predicted molar refractivity (Wildman–Crippen MR) is 56.8 cm³/mol. The van der Waals surface area contributed by atoms with Crippen molar-refractivity contribution in [2.45, 2.75) is 39.7 Å². The Balaban J connectivity index is 2.39. The zero-order valence-electron chi connectivity index (χ0n) is 9.34. The standard InChI is InChI=1S/C12H20O2/c1-12(2,3)10-6-7-11(14-9-10)5-4-8-13/h10-11,13H,6-9H2,1-3H3/t10-,11-/m1/s1. The lowest BCUT2D eigenvalue weighted by Crippen LogP contribution is -2.32. The van der Waals surface area contributed by atoms with Crippen LogP contribution in [0.25, 0.3) is 0 Å². The van der Waals surface area contributed by atoms with Gasteiger partial charge in [0.2, 0.25) is 0 Å². The van der Waals surface area contributed by atoms with E-state index in [0.717, 1.165) is 13.0 Å². The van der Waals surface area contributed by atoms with Crippen molar-refractivity contribution >= 4 is 0 Å². The first kappa shape index (κ1) is 11.6. The molecule has 1 aliphatic rings. The quantitative estimate of drug-likeness (QED) is 0.599. The Labute approximate surface area is 86.7 Å². The average molecular weight is 196 g/mol. The SMILES string of the molecule is CC(C)(C)[C@@H]1CC[C@@H](C#CCO)OC1. The maximum Gasteiger partial charge on any atom is 0.118 e. The Morgan fingerprint density at radius 3 is 2.50 bits per heavy atom. The van der Waals surface area contributed by atoms with Gasteiger partial charge in [-0.05, 0) is 24.2 Å². The van der Waals surface area contributed by atoms with E-state index >= 15 is 0 Å². The van der Waals surface area contributed by atoms with E-state index in [4.69, 9.17) is 9.84 Å². The Kier molecular flexibility index (Phi) is 3.97. The molecule has 1 aliphatic heterocycles. The van der Waals surface area contributed by atoms with E-state index in [9.17, 15) is 0 Å². The molecule has 2 nitrogen and oxygen atoms in total. The van der Waals surface area contributed by atoms with Crippen LogP contribution in [0.5, 0.6) is 0 Å². The molecule has 14 heavy (non-hydrogen) atoms. The summed E-state index contributed by atoms with van der Waals surface area (Å²) in [5.74, 6) is 6.21. The summed E-state index contributed by atoms with van der Waals surface area (Å²) in [5, 5.41) is 8.55. The molecule has 0 radical (unpaired) electrons. The second kappa shape index (κ2) is 4.82. The van der Waals surface area contributed by atoms with Gasteiger partial charge in [-0.1, -0.05) is 32.6 Å². The second-order valence-corrected chi connectivity index (χ2v) is 4.94. The Bertz CT molecular complexity index is 221. The van der Waals surface area contributed by atoms with Crippen molar-refractivity contribution in [2.24, 2.45) is 11.3 Å². The normalized spacial score (nSPS) is 28.0. The molecule has 0 aromatic carbocycles. The Hall–Kier alpha value is -0.520. The van der Waals surface area contributed by atoms with Gasteiger partial charge >= 0.3 is 0 Å². The highest BCUT2D eigenvalue weighted by molar-refractivity contribution is 5.06. The molecule has 0 aromatic heterocycles. The molecule has 0 spiro atoms. The number of hydrogen-bond acceptors (Lipinski definition) is 2. The minimum absolute atomic E-state index is 0.0424. The molecule has 0 saturated carbocycles. The third-order valence-corrected chi connectivity index (χ3v) is 2.84. The zero-order valence-corrected chi connectivity index (χ0v) is 9.34. The summed E-state index contributed by atoms with van der Waals surface area (Å²) in [6.07, 6.45) is 2.21. The summed E-state index contributed by atoms with van der Waals surface area (Å²) < 4.78 is 5.63. The first-order valence-corrected chi connectivity index (χ1v) is 5.25. The van der Waals surface area contributed by atoms with Crippen LogP contribution in [0.1, 0.15) is 33.6 Å². The molecule has 0 amide bonds. The van der Waals surface area contributed by atoms with Crippen LogP contribution in [0.3, 0.4) is 0 Å². The Morgan fingerprint density at radius 1 is 1.36 bits per heavy atom. The van der Waals surface area contributed by atoms with Crippen molar-refractivity contribution < 1.29 is 9.84 Å². The first-order chi connectivity index (χ1) is 6.54. The first-order valence-electron chi connectivity index (χ1n) is 5.25. The molecule has 80 valence electrons. The van der Waals surface area contributed by atoms with Gasteiger partial charge in [0.1, 0.15) is 12.7 Å². The van der Waals surface area contributed by atoms with Crippen molar-refractivity contribution in [2.75, 3.05) is 13.2 Å². The molecule has 1 heterocycles. The van der Waals surface area contributed by atoms with Gasteiger partial charge in [-0.3, -0.25) is 0 Å². The van der Waals surface area contributed by atoms with Crippen LogP contribution in [0, 0.1) is 23.2 Å². The van der Waals surface area contributed by atoms with Crippen molar-refractivity contribution in [1.82, 2.24) is 0 Å². The summed E-state index contributed by atoms with van der Waals surface area (Å²) in [7, 11) is 0. The predicted octanol–water partition coefficient (Wildman–Crippen LogP) is 1.82. The highest BCUT2D eigenvalue weighted by Gasteiger charge is 2.29. The van der Waals surface area contributed by atoms with Gasteiger partial charge in [0.25, 0.3) is 0 Å². The fourth-order valence-electron chi connectivity index (χ4n) is 1.71. The van der Waals surface area contributed by atoms with E-state index in [0.29, 0.717) is 11.3 Å². The van der Waals surface area contributed by atoms with E-state index < -0.39 is 0 Å². The highest BCUT2D eigenvalue weighted by Crippen LogP contribution is 2.33. The van der Waals surface area contributed by atoms with E-state index in [1.54, 1.807) is 0 Å². The molecule has 1 saturated heterocycles. The van der Waals surface area contributed by atoms with Crippen molar-refractivity contribution in [3.05, 3.63) is 0 Å². The molecule has 1 fully saturated rings. The lowest BCUT2D eigenvalue weighted by molar-refractivity contribution is -0.0201. The van der Waals surface area contributed by atoms with E-state index in [1.807, 2.05) is 0 Å². The molecule has 0 aromatic rings. The summed E-state index contributed by atoms with van der Waals surface area (Å²) >= 11 is 0. The zero-order chi connectivity index (χ0) is 10.6. The summed E-state index contributed by atoms with van der Waals surface area (Å²) in [6.45, 7) is 7.49. The fourth-order valence-corrected chi connectivity index (χ4v) is 1.71. The maximum atomic E-state index is 8.55. The highest BCUT2D eigenvalue weighted by atomic mass is 16.5. The van der Waals surface area contributed by atoms with Crippen LogP contribution in [-0.2, 0) is 4.74 Å². The maximum absolute atomic E-state index is 8.55. The molecule has 1 rings (SSSR count).